The van der Waals surface area contributed by atoms with E-state index in [9.17, 15) is 4.79 Å². The maximum atomic E-state index is 11.4. The Morgan fingerprint density at radius 3 is 1.96 bits per heavy atom. The molecule has 0 aromatic rings. The number of carbonyl (C=O) groups is 1. The highest BCUT2D eigenvalue weighted by Gasteiger charge is 2.02. The van der Waals surface area contributed by atoms with Gasteiger partial charge in [0.05, 0.1) is 6.54 Å². The van der Waals surface area contributed by atoms with E-state index in [1.165, 1.54) is 16.7 Å². The molecule has 0 aliphatic rings. The van der Waals surface area contributed by atoms with Crippen molar-refractivity contribution in [3.8, 4) is 0 Å². The van der Waals surface area contributed by atoms with Gasteiger partial charge in [-0.2, -0.15) is 0 Å². The van der Waals surface area contributed by atoms with Crippen LogP contribution in [0.25, 0.3) is 0 Å². The van der Waals surface area contributed by atoms with Crippen molar-refractivity contribution in [2.75, 3.05) is 27.2 Å². The average molecular weight is 344 g/mol. The highest BCUT2D eigenvalue weighted by Crippen LogP contribution is 2.11. The van der Waals surface area contributed by atoms with E-state index >= 15 is 0 Å². The quantitative estimate of drug-likeness (QED) is 0.416. The van der Waals surface area contributed by atoms with Crippen molar-refractivity contribution >= 4 is 18.4 Å². The zero-order valence-corrected chi connectivity index (χ0v) is 16.5. The molecule has 0 atom stereocenters. The van der Waals surface area contributed by atoms with Crippen molar-refractivity contribution in [2.45, 2.75) is 53.4 Å². The first-order valence-electron chi connectivity index (χ1n) is 8.06. The predicted octanol–water partition coefficient (Wildman–Crippen LogP) is 4.93. The fourth-order valence-corrected chi connectivity index (χ4v) is 1.92. The molecule has 0 saturated heterocycles. The van der Waals surface area contributed by atoms with Gasteiger partial charge in [-0.05, 0) is 73.5 Å². The summed E-state index contributed by atoms with van der Waals surface area (Å²) in [6.45, 7) is 9.27. The molecule has 0 rings (SSSR count). The van der Waals surface area contributed by atoms with Crippen LogP contribution in [0.5, 0.6) is 0 Å². The van der Waals surface area contributed by atoms with E-state index in [-0.39, 0.29) is 18.4 Å². The van der Waals surface area contributed by atoms with E-state index in [2.05, 4.69) is 39.8 Å². The van der Waals surface area contributed by atoms with Gasteiger partial charge >= 0.3 is 5.97 Å². The second-order valence-corrected chi connectivity index (χ2v) is 6.38. The van der Waals surface area contributed by atoms with Crippen LogP contribution in [0.1, 0.15) is 53.4 Å². The van der Waals surface area contributed by atoms with Gasteiger partial charge in [0.1, 0.15) is 6.61 Å². The number of allylic oxidation sites excluding steroid dienone is 5. The number of hydrogen-bond donors (Lipinski definition) is 0. The van der Waals surface area contributed by atoms with Crippen LogP contribution >= 0.6 is 12.4 Å². The fraction of sp³-hybridized carbons (Fsp3) is 0.632. The first-order chi connectivity index (χ1) is 10.3. The molecule has 0 fully saturated rings. The van der Waals surface area contributed by atoms with E-state index in [1.807, 2.05) is 25.1 Å². The van der Waals surface area contributed by atoms with Gasteiger partial charge in [0.2, 0.25) is 0 Å². The number of esters is 1. The minimum atomic E-state index is -0.177. The number of hydrogen-bond acceptors (Lipinski definition) is 3. The fourth-order valence-electron chi connectivity index (χ4n) is 1.92. The zero-order chi connectivity index (χ0) is 17.0. The van der Waals surface area contributed by atoms with E-state index in [4.69, 9.17) is 4.74 Å². The topological polar surface area (TPSA) is 29.5 Å². The molecular formula is C19H34ClNO2. The van der Waals surface area contributed by atoms with Crippen molar-refractivity contribution in [1.29, 1.82) is 0 Å². The Kier molecular flexibility index (Phi) is 15.3. The molecule has 0 aliphatic carbocycles. The SMILES string of the molecule is CC(C)=CCC/C(C)=C/CC/C(C)=C/COC(=O)CN(C)C.Cl. The van der Waals surface area contributed by atoms with E-state index < -0.39 is 0 Å². The number of rotatable bonds is 10. The van der Waals surface area contributed by atoms with Gasteiger partial charge in [0.15, 0.2) is 0 Å². The van der Waals surface area contributed by atoms with E-state index in [0.717, 1.165) is 25.7 Å². The van der Waals surface area contributed by atoms with Gasteiger partial charge < -0.3 is 4.74 Å². The molecule has 0 aliphatic heterocycles. The van der Waals surface area contributed by atoms with Crippen LogP contribution < -0.4 is 0 Å². The highest BCUT2D eigenvalue weighted by atomic mass is 35.5. The molecule has 4 heteroatoms. The standard InChI is InChI=1S/C19H33NO2.ClH/c1-16(2)9-7-10-17(3)11-8-12-18(4)13-14-22-19(21)15-20(5)6;/h9,11,13H,7-8,10,12,14-15H2,1-6H3;1H/b17-11+,18-13+;. The number of halogens is 1. The Hall–Kier alpha value is -1.06. The first-order valence-corrected chi connectivity index (χ1v) is 8.06. The molecule has 0 heterocycles. The number of likely N-dealkylation sites (N-methyl/N-ethyl adjacent to an activating group) is 1. The zero-order valence-electron chi connectivity index (χ0n) is 15.6. The summed E-state index contributed by atoms with van der Waals surface area (Å²) < 4.78 is 5.15. The molecule has 0 radical (unpaired) electrons. The summed E-state index contributed by atoms with van der Waals surface area (Å²) in [5.41, 5.74) is 4.10. The van der Waals surface area contributed by atoms with Crippen molar-refractivity contribution in [2.24, 2.45) is 0 Å². The third-order valence-electron chi connectivity index (χ3n) is 3.24. The summed E-state index contributed by atoms with van der Waals surface area (Å²) in [6, 6.07) is 0. The van der Waals surface area contributed by atoms with Crippen molar-refractivity contribution in [3.63, 3.8) is 0 Å². The van der Waals surface area contributed by atoms with Crippen LogP contribution in [0.2, 0.25) is 0 Å². The summed E-state index contributed by atoms with van der Waals surface area (Å²) in [7, 11) is 3.71. The van der Waals surface area contributed by atoms with E-state index in [1.54, 1.807) is 0 Å². The smallest absolute Gasteiger partial charge is 0.320 e. The molecule has 0 N–H and O–H groups in total. The molecule has 23 heavy (non-hydrogen) atoms. The number of carbonyl (C=O) groups excluding carboxylic acids is 1. The predicted molar refractivity (Wildman–Crippen MR) is 102 cm³/mol. The summed E-state index contributed by atoms with van der Waals surface area (Å²) in [5.74, 6) is -0.177. The number of nitrogens with zero attached hydrogens (tertiary/aromatic N) is 1. The molecule has 0 spiro atoms. The summed E-state index contributed by atoms with van der Waals surface area (Å²) in [6.07, 6.45) is 10.9. The Balaban J connectivity index is 0. The van der Waals surface area contributed by atoms with Gasteiger partial charge in [-0.3, -0.25) is 9.69 Å². The highest BCUT2D eigenvalue weighted by molar-refractivity contribution is 5.85. The van der Waals surface area contributed by atoms with Gasteiger partial charge in [0.25, 0.3) is 0 Å². The van der Waals surface area contributed by atoms with E-state index in [0.29, 0.717) is 13.2 Å². The monoisotopic (exact) mass is 343 g/mol. The molecule has 134 valence electrons. The van der Waals surface area contributed by atoms with Gasteiger partial charge in [0, 0.05) is 0 Å². The summed E-state index contributed by atoms with van der Waals surface area (Å²) >= 11 is 0. The summed E-state index contributed by atoms with van der Waals surface area (Å²) in [5, 5.41) is 0. The third-order valence-corrected chi connectivity index (χ3v) is 3.24. The maximum absolute atomic E-state index is 11.4. The van der Waals surface area contributed by atoms with Gasteiger partial charge in [-0.15, -0.1) is 12.4 Å². The molecule has 0 amide bonds. The molecular weight excluding hydrogens is 310 g/mol. The Morgan fingerprint density at radius 2 is 1.43 bits per heavy atom. The summed E-state index contributed by atoms with van der Waals surface area (Å²) in [4.78, 5) is 13.2. The second kappa shape index (κ2) is 14.5. The Labute approximate surface area is 148 Å². The normalized spacial score (nSPS) is 12.0. The molecule has 0 aromatic carbocycles. The van der Waals surface area contributed by atoms with Crippen molar-refractivity contribution in [3.05, 3.63) is 34.9 Å². The van der Waals surface area contributed by atoms with Crippen molar-refractivity contribution < 1.29 is 9.53 Å². The minimum Gasteiger partial charge on any atom is -0.460 e. The van der Waals surface area contributed by atoms with Crippen LogP contribution in [-0.2, 0) is 9.53 Å². The lowest BCUT2D eigenvalue weighted by atomic mass is 10.1. The van der Waals surface area contributed by atoms with Crippen molar-refractivity contribution in [1.82, 2.24) is 4.90 Å². The largest absolute Gasteiger partial charge is 0.460 e. The van der Waals surface area contributed by atoms with Crippen LogP contribution in [0.15, 0.2) is 34.9 Å². The lowest BCUT2D eigenvalue weighted by Gasteiger charge is -2.08. The number of ether oxygens (including phenoxy) is 1. The molecule has 0 bridgehead atoms. The van der Waals surface area contributed by atoms with Crippen LogP contribution in [0, 0.1) is 0 Å². The first kappa shape index (κ1) is 24.2. The average Bonchev–Trinajstić information content (AvgIpc) is 2.37. The molecule has 0 saturated carbocycles. The Bertz CT molecular complexity index is 419. The minimum absolute atomic E-state index is 0. The van der Waals surface area contributed by atoms with Crippen LogP contribution in [-0.4, -0.2) is 38.1 Å². The lowest BCUT2D eigenvalue weighted by molar-refractivity contribution is -0.143. The third kappa shape index (κ3) is 17.1. The van der Waals surface area contributed by atoms with Gasteiger partial charge in [-0.25, -0.2) is 0 Å². The van der Waals surface area contributed by atoms with Crippen LogP contribution in [0.3, 0.4) is 0 Å². The Morgan fingerprint density at radius 1 is 0.913 bits per heavy atom. The van der Waals surface area contributed by atoms with Crippen LogP contribution in [0.4, 0.5) is 0 Å². The lowest BCUT2D eigenvalue weighted by Crippen LogP contribution is -2.23. The molecule has 0 unspecified atom stereocenters. The van der Waals surface area contributed by atoms with Gasteiger partial charge in [-0.1, -0.05) is 28.9 Å². The maximum Gasteiger partial charge on any atom is 0.320 e. The molecule has 3 nitrogen and oxygen atoms in total. The second-order valence-electron chi connectivity index (χ2n) is 6.38. The molecule has 0 aromatic heterocycles.